The molecule has 5 atom stereocenters. The number of carbonyl (C=O) groups is 1. The third kappa shape index (κ3) is 2.82. The van der Waals surface area contributed by atoms with E-state index < -0.39 is 0 Å². The van der Waals surface area contributed by atoms with Gasteiger partial charge in [0, 0.05) is 43.7 Å². The number of fused-ring (bicyclic) bond motifs is 6. The van der Waals surface area contributed by atoms with Crippen LogP contribution in [0.15, 0.2) is 24.3 Å². The molecule has 2 N–H and O–H groups in total. The first-order chi connectivity index (χ1) is 13.8. The highest BCUT2D eigenvalue weighted by atomic mass is 16.2. The van der Waals surface area contributed by atoms with E-state index in [-0.39, 0.29) is 6.04 Å². The minimum absolute atomic E-state index is 0.00367. The normalized spacial score (nSPS) is 37.9. The summed E-state index contributed by atoms with van der Waals surface area (Å²) in [6.45, 7) is 3.20. The zero-order valence-electron chi connectivity index (χ0n) is 16.6. The minimum Gasteiger partial charge on any atom is -0.337 e. The van der Waals surface area contributed by atoms with E-state index in [9.17, 15) is 4.79 Å². The molecule has 6 aliphatic rings. The highest BCUT2D eigenvalue weighted by Gasteiger charge is 2.47. The molecule has 1 amide bonds. The van der Waals surface area contributed by atoms with Crippen molar-refractivity contribution in [2.75, 3.05) is 19.6 Å². The molecule has 4 aliphatic heterocycles. The Kier molecular flexibility index (Phi) is 4.25. The van der Waals surface area contributed by atoms with Gasteiger partial charge in [-0.25, -0.2) is 5.43 Å². The van der Waals surface area contributed by atoms with Crippen molar-refractivity contribution < 1.29 is 4.79 Å². The Morgan fingerprint density at radius 3 is 2.54 bits per heavy atom. The van der Waals surface area contributed by atoms with Crippen LogP contribution in [0.5, 0.6) is 0 Å². The van der Waals surface area contributed by atoms with Crippen LogP contribution < -0.4 is 10.9 Å². The Morgan fingerprint density at radius 2 is 1.71 bits per heavy atom. The second-order valence-corrected chi connectivity index (χ2v) is 9.84. The quantitative estimate of drug-likeness (QED) is 0.820. The van der Waals surface area contributed by atoms with Gasteiger partial charge in [0.1, 0.15) is 6.04 Å². The van der Waals surface area contributed by atoms with Crippen molar-refractivity contribution in [3.05, 3.63) is 35.4 Å². The second kappa shape index (κ2) is 6.82. The summed E-state index contributed by atoms with van der Waals surface area (Å²) in [6.07, 6.45) is 8.49. The van der Waals surface area contributed by atoms with Crippen LogP contribution in [0.2, 0.25) is 0 Å². The van der Waals surface area contributed by atoms with E-state index in [1.54, 1.807) is 0 Å². The van der Waals surface area contributed by atoms with Gasteiger partial charge in [-0.1, -0.05) is 30.7 Å². The molecule has 4 heterocycles. The molecule has 3 unspecified atom stereocenters. The maximum absolute atomic E-state index is 13.5. The highest BCUT2D eigenvalue weighted by molar-refractivity contribution is 5.83. The maximum atomic E-state index is 13.5. The average Bonchev–Trinajstić information content (AvgIpc) is 3.37. The Bertz CT molecular complexity index is 742. The molecule has 4 saturated heterocycles. The van der Waals surface area contributed by atoms with Gasteiger partial charge in [-0.05, 0) is 55.6 Å². The van der Waals surface area contributed by atoms with Crippen LogP contribution in [0.25, 0.3) is 0 Å². The summed E-state index contributed by atoms with van der Waals surface area (Å²) < 4.78 is 0. The van der Waals surface area contributed by atoms with Gasteiger partial charge in [-0.15, -0.1) is 0 Å². The number of rotatable bonds is 2. The van der Waals surface area contributed by atoms with Crippen LogP contribution in [-0.4, -0.2) is 59.5 Å². The number of hydrogen-bond donors (Lipinski definition) is 2. The first-order valence-electron chi connectivity index (χ1n) is 11.4. The van der Waals surface area contributed by atoms with Gasteiger partial charge in [0.15, 0.2) is 0 Å². The summed E-state index contributed by atoms with van der Waals surface area (Å²) in [6, 6.07) is 10.5. The molecule has 0 spiro atoms. The lowest BCUT2D eigenvalue weighted by Crippen LogP contribution is -2.55. The van der Waals surface area contributed by atoms with Gasteiger partial charge in [0.25, 0.3) is 0 Å². The van der Waals surface area contributed by atoms with E-state index in [4.69, 9.17) is 0 Å². The van der Waals surface area contributed by atoms with Crippen LogP contribution in [0.3, 0.4) is 0 Å². The van der Waals surface area contributed by atoms with E-state index in [2.05, 4.69) is 44.9 Å². The largest absolute Gasteiger partial charge is 0.337 e. The Balaban J connectivity index is 1.18. The van der Waals surface area contributed by atoms with Gasteiger partial charge >= 0.3 is 0 Å². The maximum Gasteiger partial charge on any atom is 0.241 e. The molecule has 2 bridgehead atoms. The number of carbonyl (C=O) groups excluding carboxylic acids is 1. The van der Waals surface area contributed by atoms with Crippen molar-refractivity contribution >= 4 is 5.91 Å². The monoisotopic (exact) mass is 380 g/mol. The van der Waals surface area contributed by atoms with Crippen LogP contribution in [-0.2, 0) is 17.6 Å². The van der Waals surface area contributed by atoms with Crippen molar-refractivity contribution in [3.8, 4) is 0 Å². The first-order valence-corrected chi connectivity index (χ1v) is 11.4. The van der Waals surface area contributed by atoms with E-state index >= 15 is 0 Å². The second-order valence-electron chi connectivity index (χ2n) is 9.84. The van der Waals surface area contributed by atoms with Gasteiger partial charge < -0.3 is 4.90 Å². The lowest BCUT2D eigenvalue weighted by atomic mass is 9.91. The van der Waals surface area contributed by atoms with E-state index in [1.807, 2.05) is 0 Å². The molecule has 28 heavy (non-hydrogen) atoms. The number of hydrogen-bond acceptors (Lipinski definition) is 4. The summed E-state index contributed by atoms with van der Waals surface area (Å²) in [7, 11) is 0. The fourth-order valence-corrected chi connectivity index (χ4v) is 6.77. The Labute approximate surface area is 167 Å². The Hall–Kier alpha value is -1.43. The molecule has 150 valence electrons. The summed E-state index contributed by atoms with van der Waals surface area (Å²) in [4.78, 5) is 18.5. The van der Waals surface area contributed by atoms with Crippen molar-refractivity contribution in [3.63, 3.8) is 0 Å². The molecular formula is C23H32N4O. The number of amides is 1. The van der Waals surface area contributed by atoms with E-state index in [0.717, 1.165) is 13.1 Å². The fraction of sp³-hybridized carbons (Fsp3) is 0.696. The minimum atomic E-state index is -0.00367. The van der Waals surface area contributed by atoms with Gasteiger partial charge in [0.05, 0.1) is 0 Å². The van der Waals surface area contributed by atoms with Gasteiger partial charge in [-0.3, -0.25) is 15.1 Å². The average molecular weight is 381 g/mol. The van der Waals surface area contributed by atoms with Crippen LogP contribution in [0, 0.1) is 11.8 Å². The predicted molar refractivity (Wildman–Crippen MR) is 109 cm³/mol. The molecule has 0 radical (unpaired) electrons. The smallest absolute Gasteiger partial charge is 0.241 e. The summed E-state index contributed by atoms with van der Waals surface area (Å²) >= 11 is 0. The summed E-state index contributed by atoms with van der Waals surface area (Å²) in [5, 5.41) is 0. The van der Waals surface area contributed by atoms with Crippen molar-refractivity contribution in [2.45, 2.75) is 69.1 Å². The first kappa shape index (κ1) is 17.4. The molecular weight excluding hydrogens is 348 g/mol. The number of hydrazine groups is 1. The van der Waals surface area contributed by atoms with Gasteiger partial charge in [-0.2, -0.15) is 0 Å². The third-order valence-electron chi connectivity index (χ3n) is 8.26. The molecule has 1 saturated carbocycles. The fourth-order valence-electron chi connectivity index (χ4n) is 6.77. The SMILES string of the molecule is O=C(C1NNC2CCCC21)N1C[C@H]2CC[C@@H]1CN(C1Cc3ccccc3C1)C2. The van der Waals surface area contributed by atoms with Crippen molar-refractivity contribution in [2.24, 2.45) is 11.8 Å². The molecule has 1 aromatic carbocycles. The summed E-state index contributed by atoms with van der Waals surface area (Å²) in [5.41, 5.74) is 9.83. The standard InChI is InChI=1S/C23H32N4O/c28-23(22-20-6-3-7-21(20)24-25-22)27-13-15-8-9-18(27)14-26(12-15)19-10-16-4-1-2-5-17(16)11-19/h1-2,4-5,15,18-22,24-25H,3,6-14H2/t15-,18+,20?,21?,22?/m0/s1. The van der Waals surface area contributed by atoms with Crippen molar-refractivity contribution in [1.29, 1.82) is 0 Å². The lowest BCUT2D eigenvalue weighted by Gasteiger charge is -2.38. The topological polar surface area (TPSA) is 47.6 Å². The lowest BCUT2D eigenvalue weighted by molar-refractivity contribution is -0.138. The van der Waals surface area contributed by atoms with Crippen LogP contribution in [0.1, 0.15) is 43.2 Å². The zero-order chi connectivity index (χ0) is 18.7. The van der Waals surface area contributed by atoms with Crippen molar-refractivity contribution in [1.82, 2.24) is 20.7 Å². The van der Waals surface area contributed by atoms with E-state index in [0.29, 0.717) is 35.9 Å². The predicted octanol–water partition coefficient (Wildman–Crippen LogP) is 1.72. The van der Waals surface area contributed by atoms with Gasteiger partial charge in [0.2, 0.25) is 5.91 Å². The van der Waals surface area contributed by atoms with E-state index in [1.165, 1.54) is 62.6 Å². The van der Waals surface area contributed by atoms with Crippen LogP contribution >= 0.6 is 0 Å². The molecule has 5 heteroatoms. The van der Waals surface area contributed by atoms with Crippen LogP contribution in [0.4, 0.5) is 0 Å². The molecule has 7 rings (SSSR count). The zero-order valence-corrected chi connectivity index (χ0v) is 16.6. The number of nitrogens with one attached hydrogen (secondary N) is 2. The third-order valence-corrected chi connectivity index (χ3v) is 8.26. The summed E-state index contributed by atoms with van der Waals surface area (Å²) in [5.74, 6) is 1.50. The molecule has 5 nitrogen and oxygen atoms in total. The highest BCUT2D eigenvalue weighted by Crippen LogP contribution is 2.36. The number of benzene rings is 1. The Morgan fingerprint density at radius 1 is 0.893 bits per heavy atom. The molecule has 0 aromatic heterocycles. The molecule has 1 aromatic rings. The number of nitrogens with zero attached hydrogens (tertiary/aromatic N) is 2. The number of piperidine rings is 1. The molecule has 5 fully saturated rings. The molecule has 2 aliphatic carbocycles.